The molecule has 1 aromatic heterocycles. The van der Waals surface area contributed by atoms with Crippen LogP contribution in [0.3, 0.4) is 0 Å². The minimum absolute atomic E-state index is 0.581. The summed E-state index contributed by atoms with van der Waals surface area (Å²) in [5.74, 6) is -3.29. The van der Waals surface area contributed by atoms with E-state index in [1.54, 1.807) is 0 Å². The van der Waals surface area contributed by atoms with E-state index in [9.17, 15) is 30.7 Å². The highest BCUT2D eigenvalue weighted by molar-refractivity contribution is 5.19. The maximum absolute atomic E-state index is 13.7. The molecule has 114 valence electrons. The van der Waals surface area contributed by atoms with E-state index < -0.39 is 35.6 Å². The van der Waals surface area contributed by atoms with E-state index in [-0.39, 0.29) is 0 Å². The van der Waals surface area contributed by atoms with Gasteiger partial charge in [-0.2, -0.15) is 26.3 Å². The molecule has 1 N–H and O–H groups in total. The molecule has 11 heteroatoms. The van der Waals surface area contributed by atoms with Gasteiger partial charge in [-0.05, 0) is 4.98 Å². The van der Waals surface area contributed by atoms with Crippen molar-refractivity contribution in [3.8, 4) is 11.8 Å². The van der Waals surface area contributed by atoms with E-state index in [2.05, 4.69) is 14.5 Å². The van der Waals surface area contributed by atoms with E-state index in [1.807, 2.05) is 0 Å². The highest BCUT2D eigenvalue weighted by Crippen LogP contribution is 2.51. The third-order valence-electron chi connectivity index (χ3n) is 2.25. The van der Waals surface area contributed by atoms with Gasteiger partial charge in [0.2, 0.25) is 0 Å². The maximum atomic E-state index is 13.7. The smallest absolute Gasteiger partial charge is 0.444 e. The number of hydrogen-bond donors (Lipinski definition) is 0. The number of nitrogens with one attached hydrogen (secondary N) is 1. The van der Waals surface area contributed by atoms with Crippen molar-refractivity contribution in [3.05, 3.63) is 11.9 Å². The number of rotatable bonds is 3. The van der Waals surface area contributed by atoms with Crippen LogP contribution in [0, 0.1) is 0 Å². The Morgan fingerprint density at radius 2 is 1.45 bits per heavy atom. The van der Waals surface area contributed by atoms with Crippen molar-refractivity contribution in [3.63, 3.8) is 0 Å². The summed E-state index contributed by atoms with van der Waals surface area (Å²) < 4.78 is 97.7. The van der Waals surface area contributed by atoms with Gasteiger partial charge in [0.05, 0.1) is 14.2 Å². The van der Waals surface area contributed by atoms with Crippen LogP contribution in [0.1, 0.15) is 5.82 Å². The van der Waals surface area contributed by atoms with Crippen LogP contribution in [-0.4, -0.2) is 31.6 Å². The molecular weight excluding hydrogens is 301 g/mol. The third-order valence-corrected chi connectivity index (χ3v) is 2.25. The van der Waals surface area contributed by atoms with Gasteiger partial charge in [-0.15, -0.1) is 0 Å². The summed E-state index contributed by atoms with van der Waals surface area (Å²) in [6.45, 7) is 0. The number of alkyl halides is 7. The van der Waals surface area contributed by atoms with Crippen LogP contribution < -0.4 is 14.5 Å². The van der Waals surface area contributed by atoms with Gasteiger partial charge in [0.1, 0.15) is 6.07 Å². The second kappa shape index (κ2) is 4.94. The quantitative estimate of drug-likeness (QED) is 0.804. The van der Waals surface area contributed by atoms with Crippen LogP contribution in [0.2, 0.25) is 0 Å². The average molecular weight is 309 g/mol. The standard InChI is InChI=1S/C9H7F7N2O2/c1-19-4-3-5(20-2)18-6(17-4)7(10,8(11,12)13)9(14,15)16/h3H,1-2H3/p+1. The monoisotopic (exact) mass is 309 g/mol. The Bertz CT molecular complexity index is 450. The lowest BCUT2D eigenvalue weighted by Crippen LogP contribution is -2.54. The lowest BCUT2D eigenvalue weighted by Gasteiger charge is -2.25. The summed E-state index contributed by atoms with van der Waals surface area (Å²) in [7, 11) is 1.89. The first-order valence-corrected chi connectivity index (χ1v) is 4.82. The zero-order valence-electron chi connectivity index (χ0n) is 9.99. The molecule has 0 fully saturated rings. The number of H-pyrrole nitrogens is 1. The highest BCUT2D eigenvalue weighted by atomic mass is 19.4. The van der Waals surface area contributed by atoms with Crippen LogP contribution in [0.5, 0.6) is 11.8 Å². The zero-order chi connectivity index (χ0) is 15.8. The van der Waals surface area contributed by atoms with Crippen LogP contribution >= 0.6 is 0 Å². The van der Waals surface area contributed by atoms with Crippen LogP contribution in [-0.2, 0) is 5.67 Å². The lowest BCUT2D eigenvalue weighted by molar-refractivity contribution is -0.462. The van der Waals surface area contributed by atoms with Gasteiger partial charge in [0, 0.05) is 0 Å². The van der Waals surface area contributed by atoms with E-state index in [0.717, 1.165) is 20.3 Å². The number of methoxy groups -OCH3 is 2. The fourth-order valence-electron chi connectivity index (χ4n) is 1.24. The molecule has 0 unspecified atom stereocenters. The van der Waals surface area contributed by atoms with Crippen LogP contribution in [0.25, 0.3) is 0 Å². The highest BCUT2D eigenvalue weighted by Gasteiger charge is 2.79. The molecule has 4 nitrogen and oxygen atoms in total. The lowest BCUT2D eigenvalue weighted by atomic mass is 10.0. The molecule has 1 heterocycles. The van der Waals surface area contributed by atoms with E-state index in [0.29, 0.717) is 0 Å². The summed E-state index contributed by atoms with van der Waals surface area (Å²) in [6.07, 6.45) is -12.5. The average Bonchev–Trinajstić information content (AvgIpc) is 2.34. The first kappa shape index (κ1) is 16.2. The SMILES string of the molecule is COc1cc(OC)[nH+]c(C(F)(C(F)(F)F)C(F)(F)F)n1. The number of halogens is 7. The minimum Gasteiger partial charge on any atom is -0.465 e. The van der Waals surface area contributed by atoms with E-state index >= 15 is 0 Å². The summed E-state index contributed by atoms with van der Waals surface area (Å²) in [6, 6.07) is 0.858. The molecular formula is C9H8F7N2O2+. The van der Waals surface area contributed by atoms with Gasteiger partial charge in [-0.25, -0.2) is 9.37 Å². The summed E-state index contributed by atoms with van der Waals surface area (Å²) >= 11 is 0. The Labute approximate surface area is 107 Å². The molecule has 0 atom stereocenters. The van der Waals surface area contributed by atoms with Crippen molar-refractivity contribution in [2.45, 2.75) is 18.0 Å². The second-order valence-corrected chi connectivity index (χ2v) is 3.49. The molecule has 0 saturated carbocycles. The molecule has 0 aliphatic carbocycles. The van der Waals surface area contributed by atoms with Crippen LogP contribution in [0.4, 0.5) is 30.7 Å². The maximum Gasteiger partial charge on any atom is 0.444 e. The number of ether oxygens (including phenoxy) is 2. The summed E-state index contributed by atoms with van der Waals surface area (Å²) in [4.78, 5) is 4.33. The van der Waals surface area contributed by atoms with Crippen molar-refractivity contribution < 1.29 is 45.2 Å². The molecule has 0 bridgehead atoms. The second-order valence-electron chi connectivity index (χ2n) is 3.49. The zero-order valence-corrected chi connectivity index (χ0v) is 9.99. The topological polar surface area (TPSA) is 45.5 Å². The van der Waals surface area contributed by atoms with Crippen molar-refractivity contribution in [2.24, 2.45) is 0 Å². The predicted octanol–water partition coefficient (Wildman–Crippen LogP) is 2.20. The Morgan fingerprint density at radius 1 is 0.950 bits per heavy atom. The summed E-state index contributed by atoms with van der Waals surface area (Å²) in [5.41, 5.74) is -5.68. The molecule has 1 aromatic rings. The molecule has 0 saturated heterocycles. The first-order chi connectivity index (χ1) is 8.97. The Morgan fingerprint density at radius 3 is 1.80 bits per heavy atom. The Kier molecular flexibility index (Phi) is 4.02. The first-order valence-electron chi connectivity index (χ1n) is 4.82. The molecule has 0 aromatic carbocycles. The van der Waals surface area contributed by atoms with Gasteiger partial charge in [0.25, 0.3) is 5.88 Å². The molecule has 1 rings (SSSR count). The van der Waals surface area contributed by atoms with Crippen LogP contribution in [0.15, 0.2) is 6.07 Å². The van der Waals surface area contributed by atoms with E-state index in [1.165, 1.54) is 4.98 Å². The Balaban J connectivity index is 3.58. The van der Waals surface area contributed by atoms with Gasteiger partial charge < -0.3 is 9.47 Å². The third kappa shape index (κ3) is 2.56. The van der Waals surface area contributed by atoms with Gasteiger partial charge in [-0.3, -0.25) is 0 Å². The van der Waals surface area contributed by atoms with Crippen molar-refractivity contribution in [2.75, 3.05) is 14.2 Å². The molecule has 0 radical (unpaired) electrons. The van der Waals surface area contributed by atoms with Gasteiger partial charge in [0.15, 0.2) is 0 Å². The van der Waals surface area contributed by atoms with Gasteiger partial charge in [-0.1, -0.05) is 0 Å². The van der Waals surface area contributed by atoms with Crippen molar-refractivity contribution in [1.29, 1.82) is 0 Å². The molecule has 0 spiro atoms. The predicted molar refractivity (Wildman–Crippen MR) is 48.8 cm³/mol. The van der Waals surface area contributed by atoms with E-state index in [4.69, 9.17) is 0 Å². The van der Waals surface area contributed by atoms with Crippen molar-refractivity contribution in [1.82, 2.24) is 4.98 Å². The Hall–Kier alpha value is -1.81. The number of aromatic nitrogens is 2. The fourth-order valence-corrected chi connectivity index (χ4v) is 1.24. The molecule has 0 aliphatic heterocycles. The molecule has 0 amide bonds. The molecule has 0 aliphatic rings. The molecule has 20 heavy (non-hydrogen) atoms. The van der Waals surface area contributed by atoms with Gasteiger partial charge >= 0.3 is 29.7 Å². The number of nitrogens with zero attached hydrogens (tertiary/aromatic N) is 1. The van der Waals surface area contributed by atoms with Crippen molar-refractivity contribution >= 4 is 0 Å². The number of hydrogen-bond acceptors (Lipinski definition) is 3. The number of aromatic amines is 1. The normalized spacial score (nSPS) is 13.2. The fraction of sp³-hybridized carbons (Fsp3) is 0.556. The largest absolute Gasteiger partial charge is 0.465 e. The minimum atomic E-state index is -6.27. The summed E-state index contributed by atoms with van der Waals surface area (Å²) in [5, 5.41) is 0.